The Bertz CT molecular complexity index is 499. The van der Waals surface area contributed by atoms with Crippen molar-refractivity contribution >= 4 is 5.96 Å². The molecular formula is C20H35N3O2. The number of guanidine groups is 1. The van der Waals surface area contributed by atoms with Crippen molar-refractivity contribution in [2.45, 2.75) is 70.4 Å². The average Bonchev–Trinajstić information content (AvgIpc) is 2.94. The third-order valence-corrected chi connectivity index (χ3v) is 7.50. The van der Waals surface area contributed by atoms with Gasteiger partial charge in [0.1, 0.15) is 0 Å². The molecule has 0 bridgehead atoms. The molecule has 0 aromatic rings. The van der Waals surface area contributed by atoms with Crippen molar-refractivity contribution < 1.29 is 9.47 Å². The highest BCUT2D eigenvalue weighted by Crippen LogP contribution is 2.62. The van der Waals surface area contributed by atoms with Crippen molar-refractivity contribution in [3.63, 3.8) is 0 Å². The van der Waals surface area contributed by atoms with E-state index in [0.717, 1.165) is 38.7 Å². The largest absolute Gasteiger partial charge is 0.385 e. The van der Waals surface area contributed by atoms with Crippen molar-refractivity contribution in [1.82, 2.24) is 10.6 Å². The summed E-state index contributed by atoms with van der Waals surface area (Å²) in [5.41, 5.74) is 0.784. The van der Waals surface area contributed by atoms with Crippen LogP contribution in [0.25, 0.3) is 0 Å². The lowest BCUT2D eigenvalue weighted by Crippen LogP contribution is -2.72. The number of ether oxygens (including phenoxy) is 2. The summed E-state index contributed by atoms with van der Waals surface area (Å²) in [6.07, 6.45) is 10.8. The van der Waals surface area contributed by atoms with Crippen LogP contribution in [0.3, 0.4) is 0 Å². The summed E-state index contributed by atoms with van der Waals surface area (Å²) in [6, 6.07) is 0.558. The number of methoxy groups -OCH3 is 1. The molecule has 1 saturated heterocycles. The number of hydrogen-bond acceptors (Lipinski definition) is 3. The Labute approximate surface area is 152 Å². The highest BCUT2D eigenvalue weighted by molar-refractivity contribution is 5.80. The van der Waals surface area contributed by atoms with Gasteiger partial charge in [0.05, 0.1) is 6.10 Å². The second-order valence-electron chi connectivity index (χ2n) is 8.74. The number of rotatable bonds is 7. The van der Waals surface area contributed by atoms with E-state index in [9.17, 15) is 0 Å². The second kappa shape index (κ2) is 7.07. The molecule has 25 heavy (non-hydrogen) atoms. The summed E-state index contributed by atoms with van der Waals surface area (Å²) in [7, 11) is 1.80. The fourth-order valence-electron chi connectivity index (χ4n) is 5.65. The van der Waals surface area contributed by atoms with E-state index in [4.69, 9.17) is 14.5 Å². The number of nitrogens with zero attached hydrogens (tertiary/aromatic N) is 1. The van der Waals surface area contributed by atoms with Crippen molar-refractivity contribution in [2.75, 3.05) is 33.4 Å². The minimum absolute atomic E-state index is 0.380. The molecule has 0 radical (unpaired) electrons. The molecule has 3 unspecified atom stereocenters. The predicted molar refractivity (Wildman–Crippen MR) is 99.8 cm³/mol. The Morgan fingerprint density at radius 3 is 2.64 bits per heavy atom. The lowest BCUT2D eigenvalue weighted by atomic mass is 9.46. The van der Waals surface area contributed by atoms with Gasteiger partial charge in [-0.2, -0.15) is 0 Å². The van der Waals surface area contributed by atoms with Gasteiger partial charge >= 0.3 is 0 Å². The first kappa shape index (κ1) is 17.6. The van der Waals surface area contributed by atoms with Crippen LogP contribution in [0.2, 0.25) is 0 Å². The Hall–Kier alpha value is -0.810. The molecule has 4 fully saturated rings. The molecule has 142 valence electrons. The minimum Gasteiger partial charge on any atom is -0.385 e. The first-order valence-electron chi connectivity index (χ1n) is 10.4. The summed E-state index contributed by atoms with van der Waals surface area (Å²) in [4.78, 5) is 5.02. The summed E-state index contributed by atoms with van der Waals surface area (Å²) in [6.45, 7) is 5.80. The van der Waals surface area contributed by atoms with E-state index in [1.165, 1.54) is 44.9 Å². The second-order valence-corrected chi connectivity index (χ2v) is 8.74. The fourth-order valence-corrected chi connectivity index (χ4v) is 5.65. The Kier molecular flexibility index (Phi) is 4.98. The molecule has 3 aliphatic carbocycles. The maximum absolute atomic E-state index is 6.05. The smallest absolute Gasteiger partial charge is 0.191 e. The van der Waals surface area contributed by atoms with Crippen LogP contribution in [-0.2, 0) is 9.47 Å². The molecule has 0 amide bonds. The van der Waals surface area contributed by atoms with Crippen molar-refractivity contribution in [1.29, 1.82) is 0 Å². The van der Waals surface area contributed by atoms with Gasteiger partial charge in [-0.1, -0.05) is 12.8 Å². The van der Waals surface area contributed by atoms with Gasteiger partial charge in [0, 0.05) is 50.8 Å². The summed E-state index contributed by atoms with van der Waals surface area (Å²) < 4.78 is 11.4. The number of fused-ring (bicyclic) bond motifs is 2. The molecule has 4 rings (SSSR count). The first-order valence-corrected chi connectivity index (χ1v) is 10.4. The Morgan fingerprint density at radius 2 is 2.04 bits per heavy atom. The summed E-state index contributed by atoms with van der Waals surface area (Å²) in [5.74, 6) is 1.71. The zero-order chi connectivity index (χ0) is 17.3. The van der Waals surface area contributed by atoms with Crippen LogP contribution in [-0.4, -0.2) is 51.5 Å². The van der Waals surface area contributed by atoms with Gasteiger partial charge < -0.3 is 20.1 Å². The van der Waals surface area contributed by atoms with Crippen LogP contribution in [0.1, 0.15) is 58.3 Å². The summed E-state index contributed by atoms with van der Waals surface area (Å²) in [5, 5.41) is 7.31. The summed E-state index contributed by atoms with van der Waals surface area (Å²) >= 11 is 0. The topological polar surface area (TPSA) is 54.9 Å². The third kappa shape index (κ3) is 2.97. The average molecular weight is 350 g/mol. The SMILES string of the molecule is CCNC(=NCC1(CCOC)CCC1)NC1C2CCOC2C12CCC2. The quantitative estimate of drug-likeness (QED) is 0.548. The zero-order valence-electron chi connectivity index (χ0n) is 16.0. The highest BCUT2D eigenvalue weighted by Gasteiger charge is 2.66. The molecule has 5 nitrogen and oxygen atoms in total. The maximum Gasteiger partial charge on any atom is 0.191 e. The molecule has 2 N–H and O–H groups in total. The van der Waals surface area contributed by atoms with Gasteiger partial charge in [-0.05, 0) is 50.9 Å². The van der Waals surface area contributed by atoms with Gasteiger partial charge in [-0.3, -0.25) is 4.99 Å². The van der Waals surface area contributed by atoms with Crippen LogP contribution >= 0.6 is 0 Å². The van der Waals surface area contributed by atoms with Crippen LogP contribution in [0.15, 0.2) is 4.99 Å². The Balaban J connectivity index is 1.41. The van der Waals surface area contributed by atoms with Crippen LogP contribution in [0.5, 0.6) is 0 Å². The standard InChI is InChI=1S/C20H35N3O2/c1-3-21-18(22-14-19(7-4-8-19)11-13-24-2)23-16-15-6-12-25-17(15)20(16)9-5-10-20/h15-17H,3-14H2,1-2H3,(H2,21,22,23). The van der Waals surface area contributed by atoms with E-state index in [-0.39, 0.29) is 0 Å². The van der Waals surface area contributed by atoms with Crippen molar-refractivity contribution in [3.05, 3.63) is 0 Å². The van der Waals surface area contributed by atoms with E-state index in [0.29, 0.717) is 28.9 Å². The highest BCUT2D eigenvalue weighted by atomic mass is 16.5. The van der Waals surface area contributed by atoms with Crippen molar-refractivity contribution in [2.24, 2.45) is 21.7 Å². The van der Waals surface area contributed by atoms with Gasteiger partial charge in [-0.15, -0.1) is 0 Å². The monoisotopic (exact) mass is 349 g/mol. The molecule has 0 aromatic carbocycles. The van der Waals surface area contributed by atoms with Crippen LogP contribution in [0.4, 0.5) is 0 Å². The maximum atomic E-state index is 6.05. The molecule has 0 aromatic heterocycles. The molecule has 1 aliphatic heterocycles. The zero-order valence-corrected chi connectivity index (χ0v) is 16.0. The normalized spacial score (nSPS) is 34.6. The lowest BCUT2D eigenvalue weighted by molar-refractivity contribution is -0.171. The van der Waals surface area contributed by atoms with Gasteiger partial charge in [0.2, 0.25) is 0 Å². The lowest BCUT2D eigenvalue weighted by Gasteiger charge is -2.63. The molecule has 1 heterocycles. The Morgan fingerprint density at radius 1 is 1.24 bits per heavy atom. The number of aliphatic imine (C=N–C) groups is 1. The molecule has 3 atom stereocenters. The first-order chi connectivity index (χ1) is 12.2. The van der Waals surface area contributed by atoms with Crippen LogP contribution < -0.4 is 10.6 Å². The number of nitrogens with one attached hydrogen (secondary N) is 2. The van der Waals surface area contributed by atoms with E-state index in [1.807, 2.05) is 0 Å². The minimum atomic E-state index is 0.380. The van der Waals surface area contributed by atoms with Crippen LogP contribution in [0, 0.1) is 16.7 Å². The fraction of sp³-hybridized carbons (Fsp3) is 0.950. The molecule has 1 spiro atoms. The predicted octanol–water partition coefficient (Wildman–Crippen LogP) is 2.71. The molecule has 5 heteroatoms. The molecule has 3 saturated carbocycles. The van der Waals surface area contributed by atoms with Gasteiger partial charge in [0.25, 0.3) is 0 Å². The van der Waals surface area contributed by atoms with Gasteiger partial charge in [0.15, 0.2) is 5.96 Å². The molecular weight excluding hydrogens is 314 g/mol. The van der Waals surface area contributed by atoms with E-state index in [1.54, 1.807) is 7.11 Å². The third-order valence-electron chi connectivity index (χ3n) is 7.50. The van der Waals surface area contributed by atoms with Crippen molar-refractivity contribution in [3.8, 4) is 0 Å². The number of hydrogen-bond donors (Lipinski definition) is 2. The van der Waals surface area contributed by atoms with E-state index in [2.05, 4.69) is 17.6 Å². The van der Waals surface area contributed by atoms with E-state index < -0.39 is 0 Å². The van der Waals surface area contributed by atoms with Gasteiger partial charge in [-0.25, -0.2) is 0 Å². The van der Waals surface area contributed by atoms with E-state index >= 15 is 0 Å². The molecule has 4 aliphatic rings.